The van der Waals surface area contributed by atoms with Crippen molar-refractivity contribution in [3.8, 4) is 17.1 Å². The van der Waals surface area contributed by atoms with Crippen molar-refractivity contribution in [1.82, 2.24) is 14.8 Å². The first-order valence-corrected chi connectivity index (χ1v) is 14.5. The first-order chi connectivity index (χ1) is 21.7. The van der Waals surface area contributed by atoms with E-state index >= 15 is 0 Å². The highest BCUT2D eigenvalue weighted by atomic mass is 32.2. The fourth-order valence-corrected chi connectivity index (χ4v) is 5.32. The molecule has 1 aliphatic heterocycles. The van der Waals surface area contributed by atoms with Crippen molar-refractivity contribution in [2.24, 2.45) is 4.99 Å². The Morgan fingerprint density at radius 1 is 1.02 bits per heavy atom. The van der Waals surface area contributed by atoms with Gasteiger partial charge in [-0.2, -0.15) is 31.3 Å². The Kier molecular flexibility index (Phi) is 9.21. The number of hydrogen-bond acceptors (Lipinski definition) is 6. The molecule has 9 nitrogen and oxygen atoms in total. The lowest BCUT2D eigenvalue weighted by atomic mass is 10.1. The first-order valence-electron chi connectivity index (χ1n) is 13.5. The Bertz CT molecular complexity index is 1800. The molecule has 0 aliphatic carbocycles. The van der Waals surface area contributed by atoms with Gasteiger partial charge in [0.05, 0.1) is 29.3 Å². The third kappa shape index (κ3) is 7.74. The van der Waals surface area contributed by atoms with Gasteiger partial charge in [-0.25, -0.2) is 14.5 Å². The van der Waals surface area contributed by atoms with Gasteiger partial charge >= 0.3 is 18.4 Å². The van der Waals surface area contributed by atoms with Gasteiger partial charge in [0.2, 0.25) is 5.91 Å². The molecular formula is C30H24F6N6O3S. The number of benzene rings is 3. The number of carbonyl (C=O) groups is 2. The van der Waals surface area contributed by atoms with Crippen molar-refractivity contribution in [1.29, 1.82) is 0 Å². The number of alkyl halides is 6. The summed E-state index contributed by atoms with van der Waals surface area (Å²) in [5, 5.41) is 7.06. The molecule has 3 amide bonds. The third-order valence-corrected chi connectivity index (χ3v) is 7.57. The molecule has 0 unspecified atom stereocenters. The summed E-state index contributed by atoms with van der Waals surface area (Å²) < 4.78 is 82.7. The Balaban J connectivity index is 1.30. The first kappa shape index (κ1) is 32.7. The quantitative estimate of drug-likeness (QED) is 0.208. The predicted octanol–water partition coefficient (Wildman–Crippen LogP) is 7.32. The maximum Gasteiger partial charge on any atom is 0.416 e. The molecule has 1 fully saturated rings. The number of ether oxygens (including phenoxy) is 1. The van der Waals surface area contributed by atoms with Gasteiger partial charge in [0.25, 0.3) is 0 Å². The van der Waals surface area contributed by atoms with Crippen LogP contribution in [-0.4, -0.2) is 50.4 Å². The van der Waals surface area contributed by atoms with Crippen molar-refractivity contribution in [2.45, 2.75) is 32.8 Å². The van der Waals surface area contributed by atoms with Crippen molar-refractivity contribution >= 4 is 40.2 Å². The second-order valence-electron chi connectivity index (χ2n) is 10.2. The lowest BCUT2D eigenvalue weighted by Crippen LogP contribution is -2.31. The minimum atomic E-state index is -4.52. The minimum absolute atomic E-state index is 0.0251. The van der Waals surface area contributed by atoms with E-state index in [1.807, 2.05) is 0 Å². The molecule has 3 aromatic carbocycles. The zero-order chi connectivity index (χ0) is 33.2. The fourth-order valence-electron chi connectivity index (χ4n) is 4.46. The average Bonchev–Trinajstić information content (AvgIpc) is 3.61. The van der Waals surface area contributed by atoms with Crippen molar-refractivity contribution in [3.63, 3.8) is 0 Å². The van der Waals surface area contributed by atoms with Gasteiger partial charge in [0.15, 0.2) is 11.0 Å². The number of carbonyl (C=O) groups excluding carboxylic acids is 2. The second-order valence-corrected chi connectivity index (χ2v) is 11.1. The standard InChI is InChI=1S/C30H24F6N6O3S/c1-17-3-4-20(13-45-15-29(31,32)33)24(11-17)42-25(43)14-46-28(42)39-27(44)38-23-10-5-19(12-18(23)2)26-37-16-41(40-26)22-8-6-21(7-9-22)30(34,35)36/h3-12,16H,13-15H2,1-2H3,(H,38,44). The minimum Gasteiger partial charge on any atom is -0.367 e. The fraction of sp³-hybridized carbons (Fsp3) is 0.233. The van der Waals surface area contributed by atoms with Crippen LogP contribution in [0.4, 0.5) is 42.5 Å². The Morgan fingerprint density at radius 2 is 1.76 bits per heavy atom. The number of aliphatic imine (C=N–C) groups is 1. The van der Waals surface area contributed by atoms with E-state index in [9.17, 15) is 35.9 Å². The SMILES string of the molecule is Cc1ccc(COCC(F)(F)F)c(N2C(=O)CSC2=NC(=O)Nc2ccc(-c3ncn(-c4ccc(C(F)(F)F)cc4)n3)cc2C)c1. The summed E-state index contributed by atoms with van der Waals surface area (Å²) in [7, 11) is 0. The molecule has 4 aromatic rings. The number of thioether (sulfide) groups is 1. The van der Waals surface area contributed by atoms with Crippen LogP contribution >= 0.6 is 11.8 Å². The molecule has 0 atom stereocenters. The summed E-state index contributed by atoms with van der Waals surface area (Å²) in [4.78, 5) is 35.2. The summed E-state index contributed by atoms with van der Waals surface area (Å²) in [6, 6.07) is 13.5. The number of amides is 3. The number of aromatic nitrogens is 3. The molecule has 1 N–H and O–H groups in total. The number of nitrogens with one attached hydrogen (secondary N) is 1. The van der Waals surface area contributed by atoms with E-state index in [4.69, 9.17) is 4.74 Å². The Labute approximate surface area is 262 Å². The molecule has 240 valence electrons. The molecule has 0 spiro atoms. The van der Waals surface area contributed by atoms with Gasteiger partial charge in [-0.15, -0.1) is 5.10 Å². The summed E-state index contributed by atoms with van der Waals surface area (Å²) in [5.41, 5.74) is 2.52. The Morgan fingerprint density at radius 3 is 2.43 bits per heavy atom. The van der Waals surface area contributed by atoms with E-state index in [0.29, 0.717) is 33.9 Å². The van der Waals surface area contributed by atoms with Gasteiger partial charge in [0.1, 0.15) is 12.9 Å². The summed E-state index contributed by atoms with van der Waals surface area (Å²) in [6.07, 6.45) is -7.60. The van der Waals surface area contributed by atoms with E-state index in [0.717, 1.165) is 29.5 Å². The molecule has 5 rings (SSSR count). The van der Waals surface area contributed by atoms with Gasteiger partial charge in [0, 0.05) is 16.8 Å². The van der Waals surface area contributed by atoms with Gasteiger partial charge in [-0.05, 0) is 73.5 Å². The topological polar surface area (TPSA) is 102 Å². The molecule has 16 heteroatoms. The molecule has 46 heavy (non-hydrogen) atoms. The molecule has 1 aromatic heterocycles. The number of aryl methyl sites for hydroxylation is 2. The van der Waals surface area contributed by atoms with E-state index in [2.05, 4.69) is 20.4 Å². The van der Waals surface area contributed by atoms with Crippen molar-refractivity contribution < 1.29 is 40.7 Å². The predicted molar refractivity (Wildman–Crippen MR) is 160 cm³/mol. The van der Waals surface area contributed by atoms with E-state index < -0.39 is 43.1 Å². The number of amidine groups is 1. The smallest absolute Gasteiger partial charge is 0.367 e. The average molecular weight is 663 g/mol. The highest BCUT2D eigenvalue weighted by molar-refractivity contribution is 8.15. The van der Waals surface area contributed by atoms with Crippen LogP contribution in [0.1, 0.15) is 22.3 Å². The van der Waals surface area contributed by atoms with E-state index in [1.54, 1.807) is 50.2 Å². The summed E-state index contributed by atoms with van der Waals surface area (Å²) in [5.74, 6) is -0.128. The molecule has 1 aliphatic rings. The summed E-state index contributed by atoms with van der Waals surface area (Å²) in [6.45, 7) is 1.61. The van der Waals surface area contributed by atoms with Crippen LogP contribution in [0, 0.1) is 13.8 Å². The molecular weight excluding hydrogens is 638 g/mol. The highest BCUT2D eigenvalue weighted by Gasteiger charge is 2.33. The number of urea groups is 1. The number of rotatable bonds is 7. The largest absolute Gasteiger partial charge is 0.416 e. The number of anilines is 2. The van der Waals surface area contributed by atoms with Gasteiger partial charge < -0.3 is 10.1 Å². The van der Waals surface area contributed by atoms with Crippen LogP contribution in [0.5, 0.6) is 0 Å². The van der Waals surface area contributed by atoms with Gasteiger partial charge in [-0.1, -0.05) is 23.9 Å². The highest BCUT2D eigenvalue weighted by Crippen LogP contribution is 2.32. The second kappa shape index (κ2) is 13.0. The van der Waals surface area contributed by atoms with Crippen LogP contribution in [0.2, 0.25) is 0 Å². The maximum atomic E-state index is 12.9. The summed E-state index contributed by atoms with van der Waals surface area (Å²) >= 11 is 1.01. The number of halogens is 6. The molecule has 0 radical (unpaired) electrons. The van der Waals surface area contributed by atoms with E-state index in [-0.39, 0.29) is 16.6 Å². The van der Waals surface area contributed by atoms with Crippen molar-refractivity contribution in [2.75, 3.05) is 22.6 Å². The lowest BCUT2D eigenvalue weighted by Gasteiger charge is -2.21. The number of hydrogen-bond donors (Lipinski definition) is 1. The van der Waals surface area contributed by atoms with Crippen LogP contribution in [0.25, 0.3) is 17.1 Å². The van der Waals surface area contributed by atoms with E-state index in [1.165, 1.54) is 28.0 Å². The van der Waals surface area contributed by atoms with Gasteiger partial charge in [-0.3, -0.25) is 9.69 Å². The number of nitrogens with zero attached hydrogens (tertiary/aromatic N) is 5. The molecule has 0 bridgehead atoms. The van der Waals surface area contributed by atoms with Crippen LogP contribution < -0.4 is 10.2 Å². The van der Waals surface area contributed by atoms with Crippen LogP contribution in [0.3, 0.4) is 0 Å². The normalized spacial score (nSPS) is 14.7. The zero-order valence-electron chi connectivity index (χ0n) is 24.1. The van der Waals surface area contributed by atoms with Crippen LogP contribution in [0.15, 0.2) is 72.0 Å². The van der Waals surface area contributed by atoms with Crippen LogP contribution in [-0.2, 0) is 22.3 Å². The maximum absolute atomic E-state index is 12.9. The lowest BCUT2D eigenvalue weighted by molar-refractivity contribution is -0.176. The van der Waals surface area contributed by atoms with Crippen molar-refractivity contribution in [3.05, 3.63) is 89.2 Å². The third-order valence-electron chi connectivity index (χ3n) is 6.64. The zero-order valence-corrected chi connectivity index (χ0v) is 24.9. The Hall–Kier alpha value is -4.70. The monoisotopic (exact) mass is 662 g/mol. The molecule has 2 heterocycles. The molecule has 0 saturated carbocycles. The molecule has 1 saturated heterocycles.